The Balaban J connectivity index is 1.68. The first-order valence-electron chi connectivity index (χ1n) is 12.1. The van der Waals surface area contributed by atoms with E-state index in [0.717, 1.165) is 4.68 Å². The van der Waals surface area contributed by atoms with Crippen LogP contribution in [0.2, 0.25) is 0 Å². The van der Waals surface area contributed by atoms with E-state index in [1.807, 2.05) is 25.1 Å². The zero-order valence-corrected chi connectivity index (χ0v) is 22.4. The predicted octanol–water partition coefficient (Wildman–Crippen LogP) is 5.18. The van der Waals surface area contributed by atoms with Gasteiger partial charge >= 0.3 is 6.18 Å². The third kappa shape index (κ3) is 6.59. The van der Waals surface area contributed by atoms with Crippen LogP contribution in [0.25, 0.3) is 11.4 Å². The van der Waals surface area contributed by atoms with Crippen molar-refractivity contribution in [2.45, 2.75) is 26.6 Å². The maximum absolute atomic E-state index is 15.1. The number of hydrogen-bond donors (Lipinski definition) is 1. The lowest BCUT2D eigenvalue weighted by molar-refractivity contribution is -0.141. The smallest absolute Gasteiger partial charge is 0.356 e. The van der Waals surface area contributed by atoms with Crippen molar-refractivity contribution in [3.8, 4) is 23.2 Å². The molecular formula is C27H24F4N8O2. The normalized spacial score (nSPS) is 11.3. The SMILES string of the molecule is CC(C)=NOc1ccc(-n2nc(C(F)(F)F)cc2C(=O)Nc2ccc(-n3ccnc3CN(C)C)cc2F)cc1C#N. The van der Waals surface area contributed by atoms with Crippen LogP contribution in [0.4, 0.5) is 23.2 Å². The van der Waals surface area contributed by atoms with Crippen LogP contribution in [0.15, 0.2) is 60.0 Å². The summed E-state index contributed by atoms with van der Waals surface area (Å²) in [6.45, 7) is 3.83. The number of nitrogens with zero attached hydrogens (tertiary/aromatic N) is 7. The second kappa shape index (κ2) is 11.6. The minimum absolute atomic E-state index is 0.0314. The molecule has 14 heteroatoms. The van der Waals surface area contributed by atoms with Gasteiger partial charge in [-0.05, 0) is 58.3 Å². The molecule has 1 amide bonds. The second-order valence-electron chi connectivity index (χ2n) is 9.32. The summed E-state index contributed by atoms with van der Waals surface area (Å²) in [7, 11) is 3.72. The van der Waals surface area contributed by atoms with Gasteiger partial charge in [0.05, 0.1) is 29.2 Å². The number of nitriles is 1. The van der Waals surface area contributed by atoms with Gasteiger partial charge in [-0.1, -0.05) is 5.16 Å². The highest BCUT2D eigenvalue weighted by Gasteiger charge is 2.36. The van der Waals surface area contributed by atoms with Crippen molar-refractivity contribution in [2.24, 2.45) is 5.16 Å². The van der Waals surface area contributed by atoms with Crippen molar-refractivity contribution in [1.29, 1.82) is 5.26 Å². The Bertz CT molecular complexity index is 1660. The Labute approximate surface area is 232 Å². The van der Waals surface area contributed by atoms with Gasteiger partial charge in [-0.3, -0.25) is 4.79 Å². The Morgan fingerprint density at radius 1 is 1.15 bits per heavy atom. The Morgan fingerprint density at radius 3 is 2.51 bits per heavy atom. The molecule has 0 aliphatic rings. The standard InChI is InChI=1S/C27H24F4N8O2/c1-16(2)36-41-23-8-6-19(11-17(23)14-32)39-22(13-24(35-39)27(29,30)31)26(40)34-21-7-5-18(12-20(21)28)38-10-9-33-25(38)15-37(3)4/h5-13H,15H2,1-4H3,(H,34,40). The molecule has 2 aromatic heterocycles. The van der Waals surface area contributed by atoms with Gasteiger partial charge in [-0.25, -0.2) is 14.1 Å². The molecule has 4 aromatic rings. The van der Waals surface area contributed by atoms with Crippen LogP contribution in [-0.2, 0) is 12.7 Å². The molecule has 0 unspecified atom stereocenters. The monoisotopic (exact) mass is 568 g/mol. The van der Waals surface area contributed by atoms with E-state index in [1.165, 1.54) is 36.4 Å². The highest BCUT2D eigenvalue weighted by atomic mass is 19.4. The van der Waals surface area contributed by atoms with E-state index in [9.17, 15) is 23.2 Å². The number of imidazole rings is 1. The first-order valence-corrected chi connectivity index (χ1v) is 12.1. The quantitative estimate of drug-likeness (QED) is 0.178. The fraction of sp³-hybridized carbons (Fsp3) is 0.222. The summed E-state index contributed by atoms with van der Waals surface area (Å²) in [4.78, 5) is 24.5. The van der Waals surface area contributed by atoms with Crippen LogP contribution in [0.3, 0.4) is 0 Å². The first kappa shape index (κ1) is 29.0. The van der Waals surface area contributed by atoms with Gasteiger partial charge in [0.1, 0.15) is 23.4 Å². The number of hydrogen-bond acceptors (Lipinski definition) is 7. The number of nitrogens with one attached hydrogen (secondary N) is 1. The van der Waals surface area contributed by atoms with Gasteiger partial charge < -0.3 is 19.6 Å². The molecule has 0 spiro atoms. The molecule has 2 heterocycles. The predicted molar refractivity (Wildman–Crippen MR) is 142 cm³/mol. The van der Waals surface area contributed by atoms with Crippen LogP contribution in [0.1, 0.15) is 41.4 Å². The molecule has 0 aliphatic carbocycles. The molecule has 0 fully saturated rings. The molecule has 0 atom stereocenters. The van der Waals surface area contributed by atoms with Crippen molar-refractivity contribution in [1.82, 2.24) is 24.2 Å². The summed E-state index contributed by atoms with van der Waals surface area (Å²) in [5.74, 6) is -1.16. The lowest BCUT2D eigenvalue weighted by Gasteiger charge is -2.14. The minimum atomic E-state index is -4.88. The highest BCUT2D eigenvalue weighted by Crippen LogP contribution is 2.31. The van der Waals surface area contributed by atoms with Crippen LogP contribution in [0, 0.1) is 17.1 Å². The fourth-order valence-electron chi connectivity index (χ4n) is 3.75. The number of alkyl halides is 3. The molecule has 41 heavy (non-hydrogen) atoms. The lowest BCUT2D eigenvalue weighted by Crippen LogP contribution is -2.18. The zero-order valence-electron chi connectivity index (χ0n) is 22.4. The van der Waals surface area contributed by atoms with Gasteiger partial charge in [-0.2, -0.15) is 23.5 Å². The van der Waals surface area contributed by atoms with Crippen LogP contribution >= 0.6 is 0 Å². The van der Waals surface area contributed by atoms with Crippen LogP contribution < -0.4 is 10.2 Å². The molecule has 0 aliphatic heterocycles. The third-order valence-electron chi connectivity index (χ3n) is 5.54. The number of halogens is 4. The Kier molecular flexibility index (Phi) is 8.20. The lowest BCUT2D eigenvalue weighted by atomic mass is 10.2. The van der Waals surface area contributed by atoms with Crippen molar-refractivity contribution in [3.63, 3.8) is 0 Å². The molecule has 4 rings (SSSR count). The number of benzene rings is 2. The van der Waals surface area contributed by atoms with E-state index in [-0.39, 0.29) is 22.7 Å². The van der Waals surface area contributed by atoms with Crippen molar-refractivity contribution in [3.05, 3.63) is 83.5 Å². The van der Waals surface area contributed by atoms with Crippen LogP contribution in [-0.4, -0.2) is 49.9 Å². The third-order valence-corrected chi connectivity index (χ3v) is 5.54. The van der Waals surface area contributed by atoms with E-state index in [4.69, 9.17) is 4.84 Å². The number of carbonyl (C=O) groups excluding carboxylic acids is 1. The fourth-order valence-corrected chi connectivity index (χ4v) is 3.75. The van der Waals surface area contributed by atoms with Crippen LogP contribution in [0.5, 0.6) is 5.75 Å². The molecule has 0 bridgehead atoms. The average Bonchev–Trinajstić information content (AvgIpc) is 3.56. The Morgan fingerprint density at radius 2 is 1.88 bits per heavy atom. The number of rotatable bonds is 8. The van der Waals surface area contributed by atoms with Crippen molar-refractivity contribution in [2.75, 3.05) is 19.4 Å². The summed E-state index contributed by atoms with van der Waals surface area (Å²) >= 11 is 0. The molecule has 212 valence electrons. The maximum Gasteiger partial charge on any atom is 0.435 e. The maximum atomic E-state index is 15.1. The molecule has 0 saturated heterocycles. The molecule has 2 aromatic carbocycles. The van der Waals surface area contributed by atoms with Crippen molar-refractivity contribution < 1.29 is 27.2 Å². The first-order chi connectivity index (χ1) is 19.4. The molecule has 0 saturated carbocycles. The number of aromatic nitrogens is 4. The summed E-state index contributed by atoms with van der Waals surface area (Å²) in [5, 5.41) is 19.2. The summed E-state index contributed by atoms with van der Waals surface area (Å²) in [6, 6.07) is 10.3. The average molecular weight is 569 g/mol. The van der Waals surface area contributed by atoms with E-state index < -0.39 is 29.3 Å². The number of amides is 1. The largest absolute Gasteiger partial charge is 0.435 e. The number of oxime groups is 1. The summed E-state index contributed by atoms with van der Waals surface area (Å²) < 4.78 is 58.2. The number of anilines is 1. The zero-order chi connectivity index (χ0) is 29.9. The van der Waals surface area contributed by atoms with Gasteiger partial charge in [0.2, 0.25) is 0 Å². The van der Waals surface area contributed by atoms with Gasteiger partial charge in [0.15, 0.2) is 11.4 Å². The molecular weight excluding hydrogens is 544 g/mol. The summed E-state index contributed by atoms with van der Waals surface area (Å²) in [6.07, 6.45) is -1.65. The molecule has 10 nitrogen and oxygen atoms in total. The van der Waals surface area contributed by atoms with E-state index >= 15 is 4.39 Å². The topological polar surface area (TPSA) is 113 Å². The second-order valence-corrected chi connectivity index (χ2v) is 9.32. The van der Waals surface area contributed by atoms with Crippen molar-refractivity contribution >= 4 is 17.3 Å². The number of carbonyl (C=O) groups is 1. The molecule has 1 N–H and O–H groups in total. The van der Waals surface area contributed by atoms with E-state index in [2.05, 4.69) is 20.6 Å². The minimum Gasteiger partial charge on any atom is -0.356 e. The van der Waals surface area contributed by atoms with Gasteiger partial charge in [0, 0.05) is 30.2 Å². The van der Waals surface area contributed by atoms with Gasteiger partial charge in [-0.15, -0.1) is 0 Å². The molecule has 0 radical (unpaired) electrons. The van der Waals surface area contributed by atoms with Gasteiger partial charge in [0.25, 0.3) is 5.91 Å². The van der Waals surface area contributed by atoms with E-state index in [1.54, 1.807) is 30.8 Å². The highest BCUT2D eigenvalue weighted by molar-refractivity contribution is 6.03. The Hall–Kier alpha value is -5.03. The van der Waals surface area contributed by atoms with E-state index in [0.29, 0.717) is 29.8 Å². The summed E-state index contributed by atoms with van der Waals surface area (Å²) in [5.41, 5.74) is -1.23.